The Balaban J connectivity index is 2.00. The van der Waals surface area contributed by atoms with E-state index in [2.05, 4.69) is 20.5 Å². The van der Waals surface area contributed by atoms with Gasteiger partial charge in [-0.05, 0) is 38.1 Å². The third-order valence-corrected chi connectivity index (χ3v) is 3.27. The van der Waals surface area contributed by atoms with Gasteiger partial charge >= 0.3 is 0 Å². The fourth-order valence-electron chi connectivity index (χ4n) is 2.36. The molecule has 0 fully saturated rings. The SMILES string of the molecule is Cc1cc2nnc(-c3ccc(NCCO)cc3)n2c(C)n1. The topological polar surface area (TPSA) is 75.3 Å². The summed E-state index contributed by atoms with van der Waals surface area (Å²) in [7, 11) is 0. The lowest BCUT2D eigenvalue weighted by atomic mass is 10.2. The number of aromatic nitrogens is 4. The highest BCUT2D eigenvalue weighted by Gasteiger charge is 2.11. The second-order valence-electron chi connectivity index (χ2n) is 4.89. The lowest BCUT2D eigenvalue weighted by molar-refractivity contribution is 0.311. The summed E-state index contributed by atoms with van der Waals surface area (Å²) < 4.78 is 1.95. The van der Waals surface area contributed by atoms with Crippen LogP contribution in [0.4, 0.5) is 5.69 Å². The number of nitrogens with zero attached hydrogens (tertiary/aromatic N) is 4. The Morgan fingerprint density at radius 1 is 1.14 bits per heavy atom. The molecule has 3 aromatic rings. The molecule has 21 heavy (non-hydrogen) atoms. The van der Waals surface area contributed by atoms with Crippen molar-refractivity contribution < 1.29 is 5.11 Å². The molecule has 2 heterocycles. The maximum absolute atomic E-state index is 8.81. The quantitative estimate of drug-likeness (QED) is 0.764. The third kappa shape index (κ3) is 2.57. The van der Waals surface area contributed by atoms with Gasteiger partial charge in [0.1, 0.15) is 5.82 Å². The molecule has 2 aromatic heterocycles. The summed E-state index contributed by atoms with van der Waals surface area (Å²) in [5.74, 6) is 1.65. The Labute approximate surface area is 122 Å². The lowest BCUT2D eigenvalue weighted by Crippen LogP contribution is -2.05. The first kappa shape index (κ1) is 13.5. The van der Waals surface area contributed by atoms with Crippen LogP contribution in [0.5, 0.6) is 0 Å². The van der Waals surface area contributed by atoms with Gasteiger partial charge < -0.3 is 10.4 Å². The maximum Gasteiger partial charge on any atom is 0.169 e. The van der Waals surface area contributed by atoms with Crippen molar-refractivity contribution in [2.75, 3.05) is 18.5 Å². The van der Waals surface area contributed by atoms with E-state index in [0.29, 0.717) is 6.54 Å². The van der Waals surface area contributed by atoms with E-state index in [1.165, 1.54) is 0 Å². The molecule has 0 amide bonds. The second-order valence-corrected chi connectivity index (χ2v) is 4.89. The monoisotopic (exact) mass is 283 g/mol. The molecule has 0 bridgehead atoms. The van der Waals surface area contributed by atoms with E-state index < -0.39 is 0 Å². The molecule has 0 aliphatic rings. The molecule has 0 aliphatic heterocycles. The lowest BCUT2D eigenvalue weighted by Gasteiger charge is -2.06. The normalized spacial score (nSPS) is 11.0. The van der Waals surface area contributed by atoms with Gasteiger partial charge in [0.25, 0.3) is 0 Å². The Morgan fingerprint density at radius 2 is 1.90 bits per heavy atom. The maximum atomic E-state index is 8.81. The van der Waals surface area contributed by atoms with Gasteiger partial charge in [-0.3, -0.25) is 4.40 Å². The number of benzene rings is 1. The molecule has 0 atom stereocenters. The summed E-state index contributed by atoms with van der Waals surface area (Å²) in [6.45, 7) is 4.54. The largest absolute Gasteiger partial charge is 0.395 e. The van der Waals surface area contributed by atoms with E-state index in [1.807, 2.05) is 48.6 Å². The highest BCUT2D eigenvalue weighted by Crippen LogP contribution is 2.21. The molecule has 2 N–H and O–H groups in total. The summed E-state index contributed by atoms with van der Waals surface area (Å²) in [5.41, 5.74) is 3.68. The molecule has 6 heteroatoms. The van der Waals surface area contributed by atoms with Crippen LogP contribution in [-0.4, -0.2) is 37.8 Å². The van der Waals surface area contributed by atoms with E-state index in [4.69, 9.17) is 5.11 Å². The van der Waals surface area contributed by atoms with E-state index in [0.717, 1.165) is 34.2 Å². The first-order valence-electron chi connectivity index (χ1n) is 6.83. The summed E-state index contributed by atoms with van der Waals surface area (Å²) in [5, 5.41) is 20.4. The van der Waals surface area contributed by atoms with Crippen molar-refractivity contribution >= 4 is 11.3 Å². The zero-order valence-corrected chi connectivity index (χ0v) is 12.0. The minimum absolute atomic E-state index is 0.112. The molecule has 1 aromatic carbocycles. The minimum Gasteiger partial charge on any atom is -0.395 e. The molecule has 0 saturated carbocycles. The standard InChI is InChI=1S/C15H17N5O/c1-10-9-14-18-19-15(20(14)11(2)17-10)12-3-5-13(6-4-12)16-7-8-21/h3-6,9,16,21H,7-8H2,1-2H3. The second kappa shape index (κ2) is 5.49. The number of nitrogens with one attached hydrogen (secondary N) is 1. The van der Waals surface area contributed by atoms with Gasteiger partial charge in [-0.2, -0.15) is 0 Å². The van der Waals surface area contributed by atoms with Crippen LogP contribution in [0.15, 0.2) is 30.3 Å². The highest BCUT2D eigenvalue weighted by atomic mass is 16.3. The van der Waals surface area contributed by atoms with Crippen LogP contribution in [-0.2, 0) is 0 Å². The number of anilines is 1. The van der Waals surface area contributed by atoms with Crippen LogP contribution in [0, 0.1) is 13.8 Å². The van der Waals surface area contributed by atoms with Crippen LogP contribution in [0.1, 0.15) is 11.5 Å². The molecule has 0 radical (unpaired) electrons. The summed E-state index contributed by atoms with van der Waals surface area (Å²) in [6.07, 6.45) is 0. The number of rotatable bonds is 4. The molecule has 0 unspecified atom stereocenters. The Kier molecular flexibility index (Phi) is 3.53. The Bertz CT molecular complexity index is 764. The minimum atomic E-state index is 0.112. The zero-order chi connectivity index (χ0) is 14.8. The Morgan fingerprint density at radius 3 is 2.62 bits per heavy atom. The molecule has 3 rings (SSSR count). The van der Waals surface area contributed by atoms with Crippen molar-refractivity contribution in [3.8, 4) is 11.4 Å². The van der Waals surface area contributed by atoms with E-state index in [1.54, 1.807) is 0 Å². The van der Waals surface area contributed by atoms with Crippen molar-refractivity contribution in [3.63, 3.8) is 0 Å². The highest BCUT2D eigenvalue weighted by molar-refractivity contribution is 5.63. The van der Waals surface area contributed by atoms with E-state index >= 15 is 0 Å². The van der Waals surface area contributed by atoms with Crippen molar-refractivity contribution in [1.82, 2.24) is 19.6 Å². The zero-order valence-electron chi connectivity index (χ0n) is 12.0. The van der Waals surface area contributed by atoms with Gasteiger partial charge in [0.2, 0.25) is 0 Å². The first-order valence-corrected chi connectivity index (χ1v) is 6.83. The van der Waals surface area contributed by atoms with E-state index in [-0.39, 0.29) is 6.61 Å². The van der Waals surface area contributed by atoms with Gasteiger partial charge in [0, 0.05) is 29.6 Å². The average Bonchev–Trinajstić information content (AvgIpc) is 2.89. The first-order chi connectivity index (χ1) is 10.2. The predicted molar refractivity (Wildman–Crippen MR) is 81.3 cm³/mol. The van der Waals surface area contributed by atoms with Gasteiger partial charge in [0.05, 0.1) is 6.61 Å². The molecular formula is C15H17N5O. The summed E-state index contributed by atoms with van der Waals surface area (Å²) >= 11 is 0. The van der Waals surface area contributed by atoms with Crippen LogP contribution in [0.3, 0.4) is 0 Å². The Hall–Kier alpha value is -2.47. The van der Waals surface area contributed by atoms with Gasteiger partial charge in [0.15, 0.2) is 11.5 Å². The smallest absolute Gasteiger partial charge is 0.169 e. The van der Waals surface area contributed by atoms with Crippen molar-refractivity contribution in [2.45, 2.75) is 13.8 Å². The summed E-state index contributed by atoms with van der Waals surface area (Å²) in [6, 6.07) is 9.80. The number of hydrogen-bond donors (Lipinski definition) is 2. The molecular weight excluding hydrogens is 266 g/mol. The molecule has 108 valence electrons. The number of aliphatic hydroxyl groups is 1. The fourth-order valence-corrected chi connectivity index (χ4v) is 2.36. The van der Waals surface area contributed by atoms with Gasteiger partial charge in [-0.25, -0.2) is 4.98 Å². The number of fused-ring (bicyclic) bond motifs is 1. The molecule has 6 nitrogen and oxygen atoms in total. The van der Waals surface area contributed by atoms with Gasteiger partial charge in [-0.1, -0.05) is 0 Å². The van der Waals surface area contributed by atoms with Crippen LogP contribution >= 0.6 is 0 Å². The van der Waals surface area contributed by atoms with Crippen molar-refractivity contribution in [2.24, 2.45) is 0 Å². The van der Waals surface area contributed by atoms with Gasteiger partial charge in [-0.15, -0.1) is 10.2 Å². The van der Waals surface area contributed by atoms with Crippen LogP contribution < -0.4 is 5.32 Å². The van der Waals surface area contributed by atoms with Crippen LogP contribution in [0.25, 0.3) is 17.0 Å². The number of aryl methyl sites for hydroxylation is 2. The fraction of sp³-hybridized carbons (Fsp3) is 0.267. The molecule has 0 spiro atoms. The number of aliphatic hydroxyl groups excluding tert-OH is 1. The molecule has 0 saturated heterocycles. The van der Waals surface area contributed by atoms with Crippen molar-refractivity contribution in [1.29, 1.82) is 0 Å². The van der Waals surface area contributed by atoms with Crippen LogP contribution in [0.2, 0.25) is 0 Å². The molecule has 0 aliphatic carbocycles. The van der Waals surface area contributed by atoms with Crippen molar-refractivity contribution in [3.05, 3.63) is 41.9 Å². The van der Waals surface area contributed by atoms with E-state index in [9.17, 15) is 0 Å². The number of hydrogen-bond acceptors (Lipinski definition) is 5. The average molecular weight is 283 g/mol. The summed E-state index contributed by atoms with van der Waals surface area (Å²) in [4.78, 5) is 4.46. The predicted octanol–water partition coefficient (Wildman–Crippen LogP) is 1.81. The third-order valence-electron chi connectivity index (χ3n) is 3.27.